The number of benzene rings is 1. The van der Waals surface area contributed by atoms with E-state index in [9.17, 15) is 4.79 Å². The van der Waals surface area contributed by atoms with Crippen LogP contribution in [0.15, 0.2) is 24.3 Å². The molecular weight excluding hydrogens is 236 g/mol. The minimum Gasteiger partial charge on any atom is -0.325 e. The van der Waals surface area contributed by atoms with Gasteiger partial charge in [-0.05, 0) is 31.5 Å². The first-order chi connectivity index (χ1) is 9.15. The molecule has 0 radical (unpaired) electrons. The van der Waals surface area contributed by atoms with Crippen LogP contribution in [0.5, 0.6) is 0 Å². The zero-order valence-electron chi connectivity index (χ0n) is 12.0. The highest BCUT2D eigenvalue weighted by Crippen LogP contribution is 2.36. The van der Waals surface area contributed by atoms with Crippen LogP contribution in [0.2, 0.25) is 0 Å². The van der Waals surface area contributed by atoms with Crippen LogP contribution in [-0.4, -0.2) is 13.0 Å². The summed E-state index contributed by atoms with van der Waals surface area (Å²) in [6, 6.07) is 8.01. The molecule has 1 aromatic carbocycles. The van der Waals surface area contributed by atoms with Gasteiger partial charge >= 0.3 is 0 Å². The number of amides is 1. The monoisotopic (exact) mass is 260 g/mol. The Morgan fingerprint density at radius 3 is 2.58 bits per heavy atom. The van der Waals surface area contributed by atoms with Gasteiger partial charge in [0, 0.05) is 17.6 Å². The second-order valence-corrected chi connectivity index (χ2v) is 5.76. The highest BCUT2D eigenvalue weighted by atomic mass is 16.2. The fraction of sp³-hybridized carbons (Fsp3) is 0.562. The molecule has 1 aliphatic carbocycles. The minimum absolute atomic E-state index is 0.177. The van der Waals surface area contributed by atoms with Crippen molar-refractivity contribution in [3.05, 3.63) is 29.8 Å². The first-order valence-corrected chi connectivity index (χ1v) is 7.20. The van der Waals surface area contributed by atoms with Crippen molar-refractivity contribution in [2.24, 2.45) is 5.41 Å². The molecule has 2 N–H and O–H groups in total. The summed E-state index contributed by atoms with van der Waals surface area (Å²) >= 11 is 0. The summed E-state index contributed by atoms with van der Waals surface area (Å²) in [6.45, 7) is 2.87. The van der Waals surface area contributed by atoms with E-state index in [1.807, 2.05) is 25.2 Å². The number of rotatable bonds is 4. The van der Waals surface area contributed by atoms with Crippen LogP contribution in [0, 0.1) is 5.41 Å². The molecule has 1 aromatic rings. The average Bonchev–Trinajstić information content (AvgIpc) is 2.42. The fourth-order valence-electron chi connectivity index (χ4n) is 2.82. The van der Waals surface area contributed by atoms with Crippen molar-refractivity contribution in [1.29, 1.82) is 0 Å². The minimum atomic E-state index is -0.189. The van der Waals surface area contributed by atoms with Gasteiger partial charge in [-0.2, -0.15) is 0 Å². The highest BCUT2D eigenvalue weighted by molar-refractivity contribution is 5.95. The van der Waals surface area contributed by atoms with E-state index in [-0.39, 0.29) is 11.3 Å². The summed E-state index contributed by atoms with van der Waals surface area (Å²) in [6.07, 6.45) is 5.61. The van der Waals surface area contributed by atoms with Crippen molar-refractivity contribution in [1.82, 2.24) is 5.32 Å². The molecule has 2 rings (SSSR count). The Kier molecular flexibility index (Phi) is 4.59. The molecule has 0 aliphatic heterocycles. The molecule has 1 fully saturated rings. The van der Waals surface area contributed by atoms with Gasteiger partial charge in [0.15, 0.2) is 0 Å². The summed E-state index contributed by atoms with van der Waals surface area (Å²) in [5.41, 5.74) is 1.89. The van der Waals surface area contributed by atoms with Gasteiger partial charge in [-0.3, -0.25) is 4.79 Å². The maximum absolute atomic E-state index is 12.5. The molecular formula is C16H24N2O. The Labute approximate surface area is 115 Å². The van der Waals surface area contributed by atoms with Crippen LogP contribution in [0.4, 0.5) is 5.69 Å². The van der Waals surface area contributed by atoms with E-state index >= 15 is 0 Å². The van der Waals surface area contributed by atoms with Crippen LogP contribution in [-0.2, 0) is 11.3 Å². The van der Waals surface area contributed by atoms with Crippen molar-refractivity contribution in [3.63, 3.8) is 0 Å². The normalized spacial score (nSPS) is 18.0. The van der Waals surface area contributed by atoms with Gasteiger partial charge in [0.1, 0.15) is 0 Å². The van der Waals surface area contributed by atoms with E-state index in [1.165, 1.54) is 19.3 Å². The molecule has 0 atom stereocenters. The van der Waals surface area contributed by atoms with Crippen molar-refractivity contribution in [2.45, 2.75) is 45.6 Å². The summed E-state index contributed by atoms with van der Waals surface area (Å²) in [5.74, 6) is 0.177. The third kappa shape index (κ3) is 3.35. The van der Waals surface area contributed by atoms with E-state index in [4.69, 9.17) is 0 Å². The van der Waals surface area contributed by atoms with Gasteiger partial charge in [-0.15, -0.1) is 0 Å². The summed E-state index contributed by atoms with van der Waals surface area (Å²) in [5, 5.41) is 6.26. The molecule has 0 heterocycles. The predicted molar refractivity (Wildman–Crippen MR) is 79.0 cm³/mol. The topological polar surface area (TPSA) is 41.1 Å². The molecule has 3 nitrogen and oxygen atoms in total. The van der Waals surface area contributed by atoms with Crippen molar-refractivity contribution < 1.29 is 4.79 Å². The summed E-state index contributed by atoms with van der Waals surface area (Å²) in [7, 11) is 1.92. The Balaban J connectivity index is 2.10. The molecule has 0 unspecified atom stereocenters. The van der Waals surface area contributed by atoms with Crippen LogP contribution in [0.1, 0.15) is 44.6 Å². The zero-order chi connectivity index (χ0) is 13.7. The lowest BCUT2D eigenvalue weighted by atomic mass is 9.75. The largest absolute Gasteiger partial charge is 0.325 e. The average molecular weight is 260 g/mol. The highest BCUT2D eigenvalue weighted by Gasteiger charge is 2.34. The molecule has 1 aliphatic rings. The molecule has 0 saturated heterocycles. The molecule has 3 heteroatoms. The first kappa shape index (κ1) is 14.1. The predicted octanol–water partition coefficient (Wildman–Crippen LogP) is 3.31. The maximum atomic E-state index is 12.5. The van der Waals surface area contributed by atoms with Crippen LogP contribution in [0.3, 0.4) is 0 Å². The zero-order valence-corrected chi connectivity index (χ0v) is 12.0. The lowest BCUT2D eigenvalue weighted by Gasteiger charge is -2.32. The Morgan fingerprint density at radius 1 is 1.21 bits per heavy atom. The quantitative estimate of drug-likeness (QED) is 0.872. The lowest BCUT2D eigenvalue weighted by Crippen LogP contribution is -2.35. The second-order valence-electron chi connectivity index (χ2n) is 5.76. The summed E-state index contributed by atoms with van der Waals surface area (Å²) in [4.78, 5) is 12.5. The number of hydrogen-bond donors (Lipinski definition) is 2. The van der Waals surface area contributed by atoms with Crippen molar-refractivity contribution in [3.8, 4) is 0 Å². The standard InChI is InChI=1S/C16H24N2O/c1-16(10-6-3-7-11-16)15(19)18-14-9-5-4-8-13(14)12-17-2/h4-5,8-9,17H,3,6-7,10-12H2,1-2H3,(H,18,19). The number of carbonyl (C=O) groups is 1. The molecule has 0 aromatic heterocycles. The smallest absolute Gasteiger partial charge is 0.230 e. The molecule has 0 spiro atoms. The third-order valence-corrected chi connectivity index (χ3v) is 4.14. The van der Waals surface area contributed by atoms with Gasteiger partial charge in [-0.25, -0.2) is 0 Å². The van der Waals surface area contributed by atoms with E-state index in [0.29, 0.717) is 0 Å². The summed E-state index contributed by atoms with van der Waals surface area (Å²) < 4.78 is 0. The van der Waals surface area contributed by atoms with Crippen LogP contribution < -0.4 is 10.6 Å². The van der Waals surface area contributed by atoms with E-state index < -0.39 is 0 Å². The number of anilines is 1. The third-order valence-electron chi connectivity index (χ3n) is 4.14. The van der Waals surface area contributed by atoms with Gasteiger partial charge in [0.25, 0.3) is 0 Å². The molecule has 19 heavy (non-hydrogen) atoms. The molecule has 104 valence electrons. The second kappa shape index (κ2) is 6.20. The van der Waals surface area contributed by atoms with Crippen molar-refractivity contribution >= 4 is 11.6 Å². The van der Waals surface area contributed by atoms with E-state index in [2.05, 4.69) is 23.6 Å². The first-order valence-electron chi connectivity index (χ1n) is 7.20. The molecule has 1 amide bonds. The number of nitrogens with one attached hydrogen (secondary N) is 2. The molecule has 1 saturated carbocycles. The Morgan fingerprint density at radius 2 is 1.89 bits per heavy atom. The fourth-order valence-corrected chi connectivity index (χ4v) is 2.82. The number of para-hydroxylation sites is 1. The Hall–Kier alpha value is -1.35. The SMILES string of the molecule is CNCc1ccccc1NC(=O)C1(C)CCCCC1. The molecule has 0 bridgehead atoms. The van der Waals surface area contributed by atoms with E-state index in [0.717, 1.165) is 30.6 Å². The lowest BCUT2D eigenvalue weighted by molar-refractivity contribution is -0.126. The number of hydrogen-bond acceptors (Lipinski definition) is 2. The van der Waals surface area contributed by atoms with Crippen LogP contribution in [0.25, 0.3) is 0 Å². The van der Waals surface area contributed by atoms with Gasteiger partial charge < -0.3 is 10.6 Å². The van der Waals surface area contributed by atoms with Gasteiger partial charge in [-0.1, -0.05) is 44.4 Å². The number of carbonyl (C=O) groups excluding carboxylic acids is 1. The van der Waals surface area contributed by atoms with Gasteiger partial charge in [0.2, 0.25) is 5.91 Å². The van der Waals surface area contributed by atoms with Gasteiger partial charge in [0.05, 0.1) is 0 Å². The van der Waals surface area contributed by atoms with Crippen molar-refractivity contribution in [2.75, 3.05) is 12.4 Å². The Bertz CT molecular complexity index is 436. The van der Waals surface area contributed by atoms with E-state index in [1.54, 1.807) is 0 Å². The maximum Gasteiger partial charge on any atom is 0.230 e. The van der Waals surface area contributed by atoms with Crippen LogP contribution >= 0.6 is 0 Å².